The fourth-order valence-electron chi connectivity index (χ4n) is 4.53. The molecule has 3 rings (SSSR count). The number of hydrogen-bond acceptors (Lipinski definition) is 7. The SMILES string of the molecule is CC(C)(C)[Si](OC[C@H]1O[C@@H](O)[C@H](NC(=O)OCC(Cl)(Cl)Cl)[C@@H](O)[C@@H]1O)(c1ccccc1)c1ccccc1. The van der Waals surface area contributed by atoms with E-state index >= 15 is 0 Å². The molecule has 37 heavy (non-hydrogen) atoms. The van der Waals surface area contributed by atoms with Crippen LogP contribution in [0.25, 0.3) is 0 Å². The molecule has 0 unspecified atom stereocenters. The second kappa shape index (κ2) is 12.2. The van der Waals surface area contributed by atoms with E-state index in [2.05, 4.69) is 26.1 Å². The lowest BCUT2D eigenvalue weighted by Crippen LogP contribution is -2.69. The maximum absolute atomic E-state index is 12.0. The van der Waals surface area contributed by atoms with Gasteiger partial charge in [0.05, 0.1) is 6.61 Å². The number of ether oxygens (including phenoxy) is 2. The summed E-state index contributed by atoms with van der Waals surface area (Å²) in [6.45, 7) is 5.63. The van der Waals surface area contributed by atoms with E-state index in [-0.39, 0.29) is 11.6 Å². The van der Waals surface area contributed by atoms with Crippen molar-refractivity contribution in [3.63, 3.8) is 0 Å². The van der Waals surface area contributed by atoms with Crippen LogP contribution in [-0.2, 0) is 13.9 Å². The maximum Gasteiger partial charge on any atom is 0.407 e. The van der Waals surface area contributed by atoms with Crippen LogP contribution in [0.5, 0.6) is 0 Å². The third-order valence-electron chi connectivity index (χ3n) is 6.25. The first kappa shape index (κ1) is 30.1. The average Bonchev–Trinajstić information content (AvgIpc) is 2.84. The van der Waals surface area contributed by atoms with E-state index < -0.39 is 55.5 Å². The van der Waals surface area contributed by atoms with Crippen molar-refractivity contribution in [2.45, 2.75) is 60.2 Å². The first-order chi connectivity index (χ1) is 17.3. The van der Waals surface area contributed by atoms with Crippen LogP contribution in [-0.4, -0.2) is 77.4 Å². The van der Waals surface area contributed by atoms with Gasteiger partial charge in [0.25, 0.3) is 8.32 Å². The molecule has 4 N–H and O–H groups in total. The number of benzene rings is 2. The number of carbonyl (C=O) groups excluding carboxylic acids is 1. The van der Waals surface area contributed by atoms with Crippen LogP contribution in [0, 0.1) is 0 Å². The molecule has 1 heterocycles. The lowest BCUT2D eigenvalue weighted by atomic mass is 9.97. The standard InChI is InChI=1S/C25H32Cl3NO7Si/c1-24(2,3)37(16-10-6-4-7-11-16,17-12-8-5-9-13-17)35-14-18-20(30)21(31)19(22(32)36-18)29-23(33)34-15-25(26,27)28/h4-13,18-22,30-32H,14-15H2,1-3H3,(H,29,33)/t18-,19-,20-,21-,22-/m1/s1. The van der Waals surface area contributed by atoms with E-state index in [1.165, 1.54) is 0 Å². The summed E-state index contributed by atoms with van der Waals surface area (Å²) in [5, 5.41) is 36.0. The van der Waals surface area contributed by atoms with Crippen molar-refractivity contribution in [2.75, 3.05) is 13.2 Å². The van der Waals surface area contributed by atoms with Gasteiger partial charge in [0.2, 0.25) is 3.79 Å². The molecule has 1 aliphatic rings. The summed E-state index contributed by atoms with van der Waals surface area (Å²) in [5.74, 6) is 0. The summed E-state index contributed by atoms with van der Waals surface area (Å²) in [7, 11) is -2.96. The van der Waals surface area contributed by atoms with Gasteiger partial charge in [0.1, 0.15) is 31.0 Å². The van der Waals surface area contributed by atoms with Crippen LogP contribution in [0.4, 0.5) is 4.79 Å². The van der Waals surface area contributed by atoms with Crippen molar-refractivity contribution in [1.29, 1.82) is 0 Å². The number of aliphatic hydroxyl groups excluding tert-OH is 3. The molecule has 1 fully saturated rings. The average molecular weight is 593 g/mol. The Bertz CT molecular complexity index is 981. The largest absolute Gasteiger partial charge is 0.445 e. The first-order valence-corrected chi connectivity index (χ1v) is 14.7. The molecule has 12 heteroatoms. The number of nitrogens with one attached hydrogen (secondary N) is 1. The molecule has 0 aliphatic carbocycles. The van der Waals surface area contributed by atoms with Crippen LogP contribution < -0.4 is 15.7 Å². The summed E-state index contributed by atoms with van der Waals surface area (Å²) in [6, 6.07) is 18.4. The molecule has 0 bridgehead atoms. The van der Waals surface area contributed by atoms with Gasteiger partial charge in [-0.1, -0.05) is 116 Å². The van der Waals surface area contributed by atoms with E-state index in [9.17, 15) is 20.1 Å². The number of aliphatic hydroxyl groups is 3. The number of alkyl carbamates (subject to hydrolysis) is 1. The van der Waals surface area contributed by atoms with Gasteiger partial charge in [-0.2, -0.15) is 0 Å². The fraction of sp³-hybridized carbons (Fsp3) is 0.480. The number of amides is 1. The van der Waals surface area contributed by atoms with Crippen molar-refractivity contribution in [1.82, 2.24) is 5.32 Å². The van der Waals surface area contributed by atoms with Crippen molar-refractivity contribution in [3.05, 3.63) is 60.7 Å². The van der Waals surface area contributed by atoms with Crippen molar-refractivity contribution < 1.29 is 34.0 Å². The van der Waals surface area contributed by atoms with Crippen LogP contribution >= 0.6 is 34.8 Å². The molecule has 5 atom stereocenters. The Morgan fingerprint density at radius 3 is 1.92 bits per heavy atom. The van der Waals surface area contributed by atoms with Crippen LogP contribution in [0.2, 0.25) is 5.04 Å². The number of rotatable bonds is 7. The Morgan fingerprint density at radius 1 is 0.946 bits per heavy atom. The Labute approximate surface area is 232 Å². The zero-order valence-corrected chi connectivity index (χ0v) is 24.0. The Morgan fingerprint density at radius 2 is 1.46 bits per heavy atom. The molecule has 1 aliphatic heterocycles. The van der Waals surface area contributed by atoms with Gasteiger partial charge in [-0.3, -0.25) is 0 Å². The summed E-state index contributed by atoms with van der Waals surface area (Å²) in [4.78, 5) is 12.0. The topological polar surface area (TPSA) is 117 Å². The Hall–Kier alpha value is -1.40. The molecule has 0 radical (unpaired) electrons. The second-order valence-corrected chi connectivity index (χ2v) is 16.7. The Kier molecular flexibility index (Phi) is 9.93. The summed E-state index contributed by atoms with van der Waals surface area (Å²) < 4.78 is 15.3. The molecule has 1 amide bonds. The third-order valence-corrected chi connectivity index (χ3v) is 11.6. The summed E-state index contributed by atoms with van der Waals surface area (Å²) in [5.41, 5.74) is 0. The molecule has 0 aromatic heterocycles. The molecule has 204 valence electrons. The molecule has 2 aromatic carbocycles. The van der Waals surface area contributed by atoms with E-state index in [1.54, 1.807) is 0 Å². The highest BCUT2D eigenvalue weighted by Gasteiger charge is 2.52. The Balaban J connectivity index is 1.81. The van der Waals surface area contributed by atoms with Gasteiger partial charge in [-0.05, 0) is 15.4 Å². The van der Waals surface area contributed by atoms with Crippen LogP contribution in [0.3, 0.4) is 0 Å². The molecular weight excluding hydrogens is 561 g/mol. The van der Waals surface area contributed by atoms with Crippen molar-refractivity contribution in [2.24, 2.45) is 0 Å². The zero-order chi connectivity index (χ0) is 27.4. The van der Waals surface area contributed by atoms with E-state index in [0.29, 0.717) is 0 Å². The maximum atomic E-state index is 12.0. The fourth-order valence-corrected chi connectivity index (χ4v) is 9.27. The van der Waals surface area contributed by atoms with Crippen LogP contribution in [0.1, 0.15) is 20.8 Å². The quantitative estimate of drug-likeness (QED) is 0.288. The highest BCUT2D eigenvalue weighted by molar-refractivity contribution is 6.99. The normalized spacial score (nSPS) is 24.9. The number of alkyl halides is 3. The smallest absolute Gasteiger partial charge is 0.407 e. The minimum Gasteiger partial charge on any atom is -0.445 e. The number of halogens is 3. The van der Waals surface area contributed by atoms with Gasteiger partial charge in [0.15, 0.2) is 6.29 Å². The zero-order valence-electron chi connectivity index (χ0n) is 20.7. The van der Waals surface area contributed by atoms with Gasteiger partial charge in [-0.15, -0.1) is 0 Å². The summed E-state index contributed by atoms with van der Waals surface area (Å²) in [6.07, 6.45) is -6.88. The van der Waals surface area contributed by atoms with Crippen molar-refractivity contribution >= 4 is 59.6 Å². The van der Waals surface area contributed by atoms with E-state index in [4.69, 9.17) is 48.7 Å². The first-order valence-electron chi connectivity index (χ1n) is 11.7. The molecule has 8 nitrogen and oxygen atoms in total. The van der Waals surface area contributed by atoms with Crippen LogP contribution in [0.15, 0.2) is 60.7 Å². The molecule has 2 aromatic rings. The molecule has 1 saturated heterocycles. The molecule has 0 saturated carbocycles. The number of hydrogen-bond donors (Lipinski definition) is 4. The van der Waals surface area contributed by atoms with Gasteiger partial charge in [0, 0.05) is 0 Å². The lowest BCUT2D eigenvalue weighted by Gasteiger charge is -2.46. The highest BCUT2D eigenvalue weighted by atomic mass is 35.6. The monoisotopic (exact) mass is 591 g/mol. The molecular formula is C25H32Cl3NO7Si. The summed E-state index contributed by atoms with van der Waals surface area (Å²) >= 11 is 16.7. The van der Waals surface area contributed by atoms with E-state index in [1.807, 2.05) is 60.7 Å². The lowest BCUT2D eigenvalue weighted by molar-refractivity contribution is -0.251. The predicted molar refractivity (Wildman–Crippen MR) is 145 cm³/mol. The minimum absolute atomic E-state index is 0.118. The van der Waals surface area contributed by atoms with E-state index in [0.717, 1.165) is 10.4 Å². The van der Waals surface area contributed by atoms with Gasteiger partial charge in [-0.25, -0.2) is 4.79 Å². The van der Waals surface area contributed by atoms with Crippen molar-refractivity contribution in [3.8, 4) is 0 Å². The van der Waals surface area contributed by atoms with Gasteiger partial charge >= 0.3 is 6.09 Å². The predicted octanol–water partition coefficient (Wildman–Crippen LogP) is 2.47. The van der Waals surface area contributed by atoms with Gasteiger partial charge < -0.3 is 34.5 Å². The number of carbonyl (C=O) groups is 1. The minimum atomic E-state index is -2.96. The molecule has 0 spiro atoms. The second-order valence-electron chi connectivity index (χ2n) is 9.88. The highest BCUT2D eigenvalue weighted by Crippen LogP contribution is 2.37. The third kappa shape index (κ3) is 7.17.